The van der Waals surface area contributed by atoms with E-state index in [1.165, 1.54) is 0 Å². The van der Waals surface area contributed by atoms with Crippen molar-refractivity contribution < 1.29 is 4.79 Å². The van der Waals surface area contributed by atoms with E-state index in [9.17, 15) is 4.79 Å². The normalized spacial score (nSPS) is 15.7. The number of rotatable bonds is 8. The maximum absolute atomic E-state index is 13.6. The van der Waals surface area contributed by atoms with Crippen molar-refractivity contribution in [2.45, 2.75) is 52.2 Å². The summed E-state index contributed by atoms with van der Waals surface area (Å²) in [6, 6.07) is 17.8. The Morgan fingerprint density at radius 1 is 1.06 bits per heavy atom. The topological polar surface area (TPSA) is 65.2 Å². The number of carbonyl (C=O) groups excluding carboxylic acids is 1. The van der Waals surface area contributed by atoms with Crippen molar-refractivity contribution in [2.75, 3.05) is 18.0 Å². The number of hydrogen-bond acceptors (Lipinski definition) is 4. The average molecular weight is 515 g/mol. The van der Waals surface area contributed by atoms with Crippen molar-refractivity contribution in [2.24, 2.45) is 0 Å². The molecule has 0 bridgehead atoms. The number of nitriles is 1. The van der Waals surface area contributed by atoms with Crippen molar-refractivity contribution in [1.82, 2.24) is 14.5 Å². The van der Waals surface area contributed by atoms with Gasteiger partial charge in [0.25, 0.3) is 0 Å². The second-order valence-corrected chi connectivity index (χ2v) is 8.73. The first-order valence-electron chi connectivity index (χ1n) is 11.7. The van der Waals surface area contributed by atoms with Crippen LogP contribution in [0.1, 0.15) is 48.6 Å². The number of benzene rings is 2. The minimum absolute atomic E-state index is 0. The number of imidazole rings is 1. The van der Waals surface area contributed by atoms with Crippen LogP contribution in [0.4, 0.5) is 5.69 Å². The highest BCUT2D eigenvalue weighted by Crippen LogP contribution is 2.27. The zero-order valence-electron chi connectivity index (χ0n) is 20.3. The van der Waals surface area contributed by atoms with E-state index >= 15 is 0 Å². The predicted molar refractivity (Wildman–Crippen MR) is 144 cm³/mol. The van der Waals surface area contributed by atoms with E-state index < -0.39 is 0 Å². The van der Waals surface area contributed by atoms with Gasteiger partial charge in [0, 0.05) is 38.1 Å². The highest BCUT2D eigenvalue weighted by atomic mass is 35.5. The molecule has 3 aromatic rings. The number of amides is 1. The molecule has 0 aliphatic carbocycles. The van der Waals surface area contributed by atoms with Crippen molar-refractivity contribution in [3.05, 3.63) is 83.4 Å². The third-order valence-corrected chi connectivity index (χ3v) is 6.44. The summed E-state index contributed by atoms with van der Waals surface area (Å²) in [6.07, 6.45) is 6.71. The van der Waals surface area contributed by atoms with Crippen LogP contribution in [0.5, 0.6) is 0 Å². The van der Waals surface area contributed by atoms with Crippen LogP contribution in [0.2, 0.25) is 0 Å². The Morgan fingerprint density at radius 2 is 1.80 bits per heavy atom. The van der Waals surface area contributed by atoms with Gasteiger partial charge < -0.3 is 9.47 Å². The molecular formula is C27H33Cl2N5O. The van der Waals surface area contributed by atoms with Crippen LogP contribution in [0, 0.1) is 18.3 Å². The van der Waals surface area contributed by atoms with Gasteiger partial charge in [0.1, 0.15) is 0 Å². The Hall–Kier alpha value is -2.85. The van der Waals surface area contributed by atoms with Crippen LogP contribution < -0.4 is 4.90 Å². The number of aryl methyl sites for hydroxylation is 1. The maximum atomic E-state index is 13.6. The Labute approximate surface area is 220 Å². The molecule has 1 atom stereocenters. The first-order chi connectivity index (χ1) is 16.1. The molecule has 0 spiro atoms. The van der Waals surface area contributed by atoms with Gasteiger partial charge in [-0.25, -0.2) is 4.98 Å². The predicted octanol–water partition coefficient (Wildman–Crippen LogP) is 5.36. The smallest absolute Gasteiger partial charge is 0.244 e. The second-order valence-electron chi connectivity index (χ2n) is 8.73. The van der Waals surface area contributed by atoms with Gasteiger partial charge in [0.2, 0.25) is 5.91 Å². The quantitative estimate of drug-likeness (QED) is 0.406. The molecule has 1 amide bonds. The van der Waals surface area contributed by atoms with Gasteiger partial charge in [-0.05, 0) is 42.7 Å². The minimum atomic E-state index is -0.128. The van der Waals surface area contributed by atoms with Gasteiger partial charge >= 0.3 is 0 Å². The lowest BCUT2D eigenvalue weighted by Crippen LogP contribution is -2.57. The fourth-order valence-electron chi connectivity index (χ4n) is 4.54. The van der Waals surface area contributed by atoms with E-state index in [4.69, 9.17) is 5.26 Å². The lowest BCUT2D eigenvalue weighted by atomic mass is 10.0. The van der Waals surface area contributed by atoms with Crippen LogP contribution in [0.25, 0.3) is 0 Å². The minimum Gasteiger partial charge on any atom is -0.329 e. The lowest BCUT2D eigenvalue weighted by Gasteiger charge is -2.41. The lowest BCUT2D eigenvalue weighted by molar-refractivity contribution is -0.126. The summed E-state index contributed by atoms with van der Waals surface area (Å²) in [5, 5.41) is 9.02. The number of para-hydroxylation sites is 1. The Bertz CT molecular complexity index is 1140. The fraction of sp³-hybridized carbons (Fsp3) is 0.370. The van der Waals surface area contributed by atoms with Gasteiger partial charge in [0.05, 0.1) is 29.7 Å². The van der Waals surface area contributed by atoms with E-state index in [0.29, 0.717) is 25.2 Å². The molecular weight excluding hydrogens is 481 g/mol. The van der Waals surface area contributed by atoms with Crippen molar-refractivity contribution in [1.29, 1.82) is 5.26 Å². The number of aromatic nitrogens is 2. The molecule has 0 unspecified atom stereocenters. The Kier molecular flexibility index (Phi) is 10.8. The summed E-state index contributed by atoms with van der Waals surface area (Å²) in [7, 11) is 0. The summed E-state index contributed by atoms with van der Waals surface area (Å²) in [5.74, 6) is 0.196. The number of halogens is 2. The molecule has 1 aliphatic heterocycles. The van der Waals surface area contributed by atoms with Gasteiger partial charge in [-0.3, -0.25) is 9.69 Å². The van der Waals surface area contributed by atoms with Crippen LogP contribution in [0.3, 0.4) is 0 Å². The number of carbonyl (C=O) groups is 1. The van der Waals surface area contributed by atoms with E-state index in [1.54, 1.807) is 0 Å². The van der Waals surface area contributed by atoms with E-state index in [0.717, 1.165) is 48.3 Å². The first-order valence-corrected chi connectivity index (χ1v) is 11.7. The Morgan fingerprint density at radius 3 is 2.49 bits per heavy atom. The van der Waals surface area contributed by atoms with Crippen LogP contribution in [0.15, 0.2) is 61.1 Å². The average Bonchev–Trinajstić information content (AvgIpc) is 3.26. The van der Waals surface area contributed by atoms with Crippen molar-refractivity contribution >= 4 is 36.4 Å². The summed E-state index contributed by atoms with van der Waals surface area (Å²) < 4.78 is 2.14. The van der Waals surface area contributed by atoms with Gasteiger partial charge in [0.15, 0.2) is 0 Å². The molecule has 1 fully saturated rings. The zero-order valence-corrected chi connectivity index (χ0v) is 21.9. The van der Waals surface area contributed by atoms with E-state index in [-0.39, 0.29) is 36.8 Å². The molecule has 1 aromatic heterocycles. The monoisotopic (exact) mass is 513 g/mol. The van der Waals surface area contributed by atoms with E-state index in [2.05, 4.69) is 40.4 Å². The number of piperazine rings is 1. The van der Waals surface area contributed by atoms with Crippen LogP contribution >= 0.6 is 24.8 Å². The van der Waals surface area contributed by atoms with Gasteiger partial charge in [-0.15, -0.1) is 24.8 Å². The molecule has 6 nitrogen and oxygen atoms in total. The van der Waals surface area contributed by atoms with E-state index in [1.807, 2.05) is 59.9 Å². The summed E-state index contributed by atoms with van der Waals surface area (Å²) in [4.78, 5) is 22.3. The molecule has 0 radical (unpaired) electrons. The SMILES string of the molecule is CCCC[C@H]1C(=O)N(c2ccccc2C)CCN1Cc1cncn1Cc1ccc(C#N)cc1.Cl.Cl. The number of anilines is 1. The van der Waals surface area contributed by atoms with Gasteiger partial charge in [-0.2, -0.15) is 5.26 Å². The molecule has 2 aromatic carbocycles. The highest BCUT2D eigenvalue weighted by Gasteiger charge is 2.35. The molecule has 1 saturated heterocycles. The number of nitrogens with zero attached hydrogens (tertiary/aromatic N) is 5. The number of hydrogen-bond donors (Lipinski definition) is 0. The first kappa shape index (κ1) is 28.4. The molecule has 186 valence electrons. The van der Waals surface area contributed by atoms with Crippen LogP contribution in [-0.2, 0) is 17.9 Å². The largest absolute Gasteiger partial charge is 0.329 e. The number of unbranched alkanes of at least 4 members (excludes halogenated alkanes) is 1. The summed E-state index contributed by atoms with van der Waals surface area (Å²) >= 11 is 0. The zero-order chi connectivity index (χ0) is 23.2. The maximum Gasteiger partial charge on any atom is 0.244 e. The highest BCUT2D eigenvalue weighted by molar-refractivity contribution is 5.98. The molecule has 1 aliphatic rings. The van der Waals surface area contributed by atoms with Crippen LogP contribution in [-0.4, -0.2) is 39.5 Å². The third-order valence-electron chi connectivity index (χ3n) is 6.44. The Balaban J connectivity index is 0.00000216. The standard InChI is InChI=1S/C27H31N5O.2ClH/c1-3-4-8-26-27(33)32(25-9-6-5-7-21(25)2)15-14-30(26)19-24-17-29-20-31(24)18-23-12-10-22(16-28)11-13-23;;/h5-7,9-13,17,20,26H,3-4,8,14-15,18-19H2,1-2H3;2*1H/t26-;;/m0../s1. The summed E-state index contributed by atoms with van der Waals surface area (Å²) in [5.41, 5.74) is 5.03. The molecule has 2 heterocycles. The van der Waals surface area contributed by atoms with Crippen molar-refractivity contribution in [3.8, 4) is 6.07 Å². The van der Waals surface area contributed by atoms with Gasteiger partial charge in [-0.1, -0.05) is 50.1 Å². The molecule has 4 rings (SSSR count). The molecule has 8 heteroatoms. The third kappa shape index (κ3) is 6.64. The molecule has 0 saturated carbocycles. The summed E-state index contributed by atoms with van der Waals surface area (Å²) in [6.45, 7) is 7.14. The molecule has 0 N–H and O–H groups in total. The van der Waals surface area contributed by atoms with Crippen molar-refractivity contribution in [3.63, 3.8) is 0 Å². The fourth-order valence-corrected chi connectivity index (χ4v) is 4.54. The molecule has 35 heavy (non-hydrogen) atoms. The second kappa shape index (κ2) is 13.3.